The van der Waals surface area contributed by atoms with Crippen LogP contribution in [0, 0.1) is 5.95 Å². The number of halogens is 4. The first kappa shape index (κ1) is 13.5. The van der Waals surface area contributed by atoms with Gasteiger partial charge in [-0.3, -0.25) is 0 Å². The Labute approximate surface area is 104 Å². The molecule has 10 heteroatoms. The molecule has 0 aromatic carbocycles. The monoisotopic (exact) mass is 296 g/mol. The second-order valence-electron chi connectivity index (χ2n) is 3.30. The fraction of sp³-hybridized carbons (Fsp3) is 0.111. The summed E-state index contributed by atoms with van der Waals surface area (Å²) in [5.74, 6) is -1.58. The second-order valence-corrected chi connectivity index (χ2v) is 4.84. The third-order valence-electron chi connectivity index (χ3n) is 1.96. The molecule has 0 aliphatic rings. The van der Waals surface area contributed by atoms with Crippen molar-refractivity contribution in [1.82, 2.24) is 9.97 Å². The summed E-state index contributed by atoms with van der Waals surface area (Å²) in [5.41, 5.74) is -5.50. The van der Waals surface area contributed by atoms with Gasteiger partial charge in [-0.2, -0.15) is 26.0 Å². The third-order valence-corrected chi connectivity index (χ3v) is 2.92. The topological polar surface area (TPSA) is 69.2 Å². The molecular formula is C9H4F4N2O3S. The first-order chi connectivity index (χ1) is 8.69. The Hall–Kier alpha value is -1.97. The van der Waals surface area contributed by atoms with Crippen molar-refractivity contribution >= 4 is 21.2 Å². The largest absolute Gasteiger partial charge is 0.534 e. The molecule has 5 nitrogen and oxygen atoms in total. The van der Waals surface area contributed by atoms with Gasteiger partial charge in [-0.1, -0.05) is 0 Å². The average Bonchev–Trinajstić information content (AvgIpc) is 2.27. The van der Waals surface area contributed by atoms with E-state index in [4.69, 9.17) is 0 Å². The Bertz CT molecular complexity index is 730. The molecule has 102 valence electrons. The van der Waals surface area contributed by atoms with Crippen LogP contribution in [0.15, 0.2) is 24.3 Å². The summed E-state index contributed by atoms with van der Waals surface area (Å²) in [6.45, 7) is 0. The number of aromatic nitrogens is 2. The number of hydrogen-bond donors (Lipinski definition) is 0. The van der Waals surface area contributed by atoms with Gasteiger partial charge in [0.1, 0.15) is 0 Å². The molecule has 19 heavy (non-hydrogen) atoms. The van der Waals surface area contributed by atoms with Crippen molar-refractivity contribution in [2.45, 2.75) is 5.51 Å². The van der Waals surface area contributed by atoms with Crippen molar-refractivity contribution in [3.63, 3.8) is 0 Å². The standard InChI is InChI=1S/C9H4F4N2O3S/c10-7-3-1-6-5(14-7)2-4-8(15-6)18-19(16,17)9(11,12)13/h1-4H. The molecule has 0 unspecified atom stereocenters. The maximum absolute atomic E-state index is 12.7. The van der Waals surface area contributed by atoms with Crippen LogP contribution >= 0.6 is 0 Å². The highest BCUT2D eigenvalue weighted by Crippen LogP contribution is 2.26. The summed E-state index contributed by atoms with van der Waals surface area (Å²) < 4.78 is 74.3. The van der Waals surface area contributed by atoms with E-state index in [9.17, 15) is 26.0 Å². The molecule has 0 N–H and O–H groups in total. The Kier molecular flexibility index (Phi) is 3.04. The van der Waals surface area contributed by atoms with Crippen molar-refractivity contribution < 1.29 is 30.2 Å². The lowest BCUT2D eigenvalue weighted by Gasteiger charge is -2.08. The average molecular weight is 296 g/mol. The van der Waals surface area contributed by atoms with E-state index in [-0.39, 0.29) is 11.0 Å². The fourth-order valence-electron chi connectivity index (χ4n) is 1.17. The molecule has 2 aromatic heterocycles. The molecule has 2 rings (SSSR count). The molecular weight excluding hydrogens is 292 g/mol. The van der Waals surface area contributed by atoms with Crippen LogP contribution in [0.4, 0.5) is 17.6 Å². The third kappa shape index (κ3) is 2.72. The Morgan fingerprint density at radius 3 is 2.21 bits per heavy atom. The summed E-state index contributed by atoms with van der Waals surface area (Å²) in [6, 6.07) is 3.99. The van der Waals surface area contributed by atoms with Crippen LogP contribution in [-0.4, -0.2) is 23.9 Å². The number of pyridine rings is 2. The molecule has 0 atom stereocenters. The number of hydrogen-bond acceptors (Lipinski definition) is 5. The van der Waals surface area contributed by atoms with Gasteiger partial charge in [-0.05, 0) is 18.2 Å². The first-order valence-electron chi connectivity index (χ1n) is 4.63. The maximum Gasteiger partial charge on any atom is 0.534 e. The summed E-state index contributed by atoms with van der Waals surface area (Å²) >= 11 is 0. The summed E-state index contributed by atoms with van der Waals surface area (Å²) in [4.78, 5) is 6.89. The highest BCUT2D eigenvalue weighted by atomic mass is 32.2. The van der Waals surface area contributed by atoms with Crippen molar-refractivity contribution in [3.05, 3.63) is 30.2 Å². The van der Waals surface area contributed by atoms with Gasteiger partial charge in [0.05, 0.1) is 11.0 Å². The zero-order valence-corrected chi connectivity index (χ0v) is 9.67. The van der Waals surface area contributed by atoms with Crippen LogP contribution in [0.1, 0.15) is 0 Å². The van der Waals surface area contributed by atoms with Crippen LogP contribution in [0.2, 0.25) is 0 Å². The van der Waals surface area contributed by atoms with E-state index in [0.717, 1.165) is 24.3 Å². The van der Waals surface area contributed by atoms with Gasteiger partial charge in [0.2, 0.25) is 11.8 Å². The second kappa shape index (κ2) is 4.30. The van der Waals surface area contributed by atoms with E-state index in [1.54, 1.807) is 0 Å². The quantitative estimate of drug-likeness (QED) is 0.367. The molecule has 0 saturated heterocycles. The minimum Gasteiger partial charge on any atom is -0.355 e. The fourth-order valence-corrected chi connectivity index (χ4v) is 1.58. The summed E-state index contributed by atoms with van der Waals surface area (Å²) in [5, 5.41) is 0. The van der Waals surface area contributed by atoms with E-state index in [1.807, 2.05) is 0 Å². The van der Waals surface area contributed by atoms with Crippen molar-refractivity contribution in [2.75, 3.05) is 0 Å². The highest BCUT2D eigenvalue weighted by molar-refractivity contribution is 7.87. The molecule has 0 fully saturated rings. The van der Waals surface area contributed by atoms with E-state index in [1.165, 1.54) is 0 Å². The maximum atomic E-state index is 12.7. The first-order valence-corrected chi connectivity index (χ1v) is 6.04. The lowest BCUT2D eigenvalue weighted by Crippen LogP contribution is -2.28. The molecule has 0 saturated carbocycles. The minimum absolute atomic E-state index is 0.00345. The van der Waals surface area contributed by atoms with Gasteiger partial charge in [0.15, 0.2) is 0 Å². The molecule has 0 bridgehead atoms. The van der Waals surface area contributed by atoms with Gasteiger partial charge in [0.25, 0.3) is 0 Å². The zero-order valence-electron chi connectivity index (χ0n) is 8.85. The highest BCUT2D eigenvalue weighted by Gasteiger charge is 2.48. The summed E-state index contributed by atoms with van der Waals surface area (Å²) in [7, 11) is -5.78. The van der Waals surface area contributed by atoms with E-state index < -0.39 is 27.5 Å². The molecule has 0 amide bonds. The van der Waals surface area contributed by atoms with Crippen LogP contribution in [0.25, 0.3) is 11.0 Å². The molecule has 0 aliphatic heterocycles. The van der Waals surface area contributed by atoms with Gasteiger partial charge in [-0.15, -0.1) is 0 Å². The summed E-state index contributed by atoms with van der Waals surface area (Å²) in [6.07, 6.45) is 0. The molecule has 0 spiro atoms. The SMILES string of the molecule is O=S(=O)(Oc1ccc2nc(F)ccc2n1)C(F)(F)F. The van der Waals surface area contributed by atoms with E-state index in [2.05, 4.69) is 14.2 Å². The van der Waals surface area contributed by atoms with Crippen molar-refractivity contribution in [1.29, 1.82) is 0 Å². The Morgan fingerprint density at radius 1 is 1.00 bits per heavy atom. The molecule has 2 heterocycles. The Balaban J connectivity index is 2.40. The predicted molar refractivity (Wildman–Crippen MR) is 55.1 cm³/mol. The van der Waals surface area contributed by atoms with Crippen molar-refractivity contribution in [3.8, 4) is 5.88 Å². The van der Waals surface area contributed by atoms with Gasteiger partial charge in [0, 0.05) is 6.07 Å². The number of fused-ring (bicyclic) bond motifs is 1. The molecule has 0 radical (unpaired) electrons. The normalized spacial score (nSPS) is 12.6. The molecule has 2 aromatic rings. The van der Waals surface area contributed by atoms with Crippen LogP contribution in [0.5, 0.6) is 5.88 Å². The lowest BCUT2D eigenvalue weighted by atomic mass is 10.3. The predicted octanol–water partition coefficient (Wildman–Crippen LogP) is 2.00. The lowest BCUT2D eigenvalue weighted by molar-refractivity contribution is -0.0501. The smallest absolute Gasteiger partial charge is 0.355 e. The van der Waals surface area contributed by atoms with Crippen LogP contribution < -0.4 is 4.18 Å². The zero-order chi connectivity index (χ0) is 14.3. The number of alkyl halides is 3. The van der Waals surface area contributed by atoms with E-state index in [0.29, 0.717) is 0 Å². The van der Waals surface area contributed by atoms with Crippen molar-refractivity contribution in [2.24, 2.45) is 0 Å². The van der Waals surface area contributed by atoms with Crippen LogP contribution in [-0.2, 0) is 10.1 Å². The number of nitrogens with zero attached hydrogens (tertiary/aromatic N) is 2. The van der Waals surface area contributed by atoms with Crippen LogP contribution in [0.3, 0.4) is 0 Å². The van der Waals surface area contributed by atoms with Gasteiger partial charge >= 0.3 is 15.6 Å². The Morgan fingerprint density at radius 2 is 1.58 bits per heavy atom. The molecule has 0 aliphatic carbocycles. The van der Waals surface area contributed by atoms with Gasteiger partial charge in [-0.25, -0.2) is 9.97 Å². The minimum atomic E-state index is -5.78. The number of rotatable bonds is 2. The van der Waals surface area contributed by atoms with Gasteiger partial charge < -0.3 is 4.18 Å². The van der Waals surface area contributed by atoms with E-state index >= 15 is 0 Å².